The molecule has 1 aliphatic heterocycles. The molecule has 0 spiro atoms. The molecule has 0 bridgehead atoms. The molecule has 2 atom stereocenters. The van der Waals surface area contributed by atoms with Crippen LogP contribution in [0.4, 0.5) is 0 Å². The van der Waals surface area contributed by atoms with E-state index in [1.165, 1.54) is 0 Å². The average molecular weight is 328 g/mol. The van der Waals surface area contributed by atoms with Crippen molar-refractivity contribution in [1.29, 1.82) is 0 Å². The van der Waals surface area contributed by atoms with Gasteiger partial charge in [-0.1, -0.05) is 6.07 Å². The van der Waals surface area contributed by atoms with Crippen LogP contribution in [-0.2, 0) is 4.79 Å². The Hall–Kier alpha value is -2.25. The number of fused-ring (bicyclic) bond motifs is 1. The zero-order valence-electron chi connectivity index (χ0n) is 12.3. The highest BCUT2D eigenvalue weighted by Crippen LogP contribution is 2.22. The summed E-state index contributed by atoms with van der Waals surface area (Å²) in [6.45, 7) is 0. The summed E-state index contributed by atoms with van der Waals surface area (Å²) in [4.78, 5) is 20.6. The number of thiazole rings is 1. The van der Waals surface area contributed by atoms with Gasteiger partial charge in [-0.2, -0.15) is 0 Å². The van der Waals surface area contributed by atoms with Gasteiger partial charge in [0.15, 0.2) is 0 Å². The van der Waals surface area contributed by atoms with Gasteiger partial charge in [-0.3, -0.25) is 10.1 Å². The van der Waals surface area contributed by atoms with Crippen molar-refractivity contribution in [1.82, 2.24) is 15.6 Å². The van der Waals surface area contributed by atoms with Crippen molar-refractivity contribution in [2.45, 2.75) is 31.4 Å². The standard InChI is InChI=1S/C16H16N4O2S/c21-13-3-1-2-10(13)18-16-19-12(15(22)20-16)6-9-4-5-11-14(7-9)23-8-17-11/h4-8,10,13,21H,1-3H2,(H2,18,19,20,22)/b12-6-. The van der Waals surface area contributed by atoms with Crippen LogP contribution in [0, 0.1) is 0 Å². The first-order valence-electron chi connectivity index (χ1n) is 7.59. The van der Waals surface area contributed by atoms with Gasteiger partial charge >= 0.3 is 0 Å². The lowest BCUT2D eigenvalue weighted by Gasteiger charge is -2.16. The number of rotatable bonds is 2. The van der Waals surface area contributed by atoms with Gasteiger partial charge in [0.1, 0.15) is 5.70 Å². The summed E-state index contributed by atoms with van der Waals surface area (Å²) in [6, 6.07) is 5.81. The Labute approximate surface area is 137 Å². The topological polar surface area (TPSA) is 86.6 Å². The molecule has 23 heavy (non-hydrogen) atoms. The highest BCUT2D eigenvalue weighted by atomic mass is 32.1. The number of hydrogen-bond acceptors (Lipinski definition) is 6. The summed E-state index contributed by atoms with van der Waals surface area (Å²) < 4.78 is 1.08. The molecule has 118 valence electrons. The molecule has 0 radical (unpaired) electrons. The van der Waals surface area contributed by atoms with Crippen molar-refractivity contribution in [3.8, 4) is 0 Å². The van der Waals surface area contributed by atoms with Gasteiger partial charge in [0.25, 0.3) is 5.91 Å². The van der Waals surface area contributed by atoms with Crippen LogP contribution in [0.2, 0.25) is 0 Å². The molecule has 6 nitrogen and oxygen atoms in total. The summed E-state index contributed by atoms with van der Waals surface area (Å²) in [5.41, 5.74) is 4.03. The molecule has 2 aliphatic rings. The van der Waals surface area contributed by atoms with Crippen LogP contribution in [-0.4, -0.2) is 34.1 Å². The number of aliphatic imine (C=N–C) groups is 1. The fourth-order valence-corrected chi connectivity index (χ4v) is 3.67. The molecule has 4 rings (SSSR count). The van der Waals surface area contributed by atoms with Crippen LogP contribution in [0.1, 0.15) is 24.8 Å². The minimum atomic E-state index is -0.378. The highest BCUT2D eigenvalue weighted by Gasteiger charge is 2.28. The number of guanidine groups is 1. The number of aliphatic hydroxyl groups excluding tert-OH is 1. The average Bonchev–Trinajstić information content (AvgIpc) is 3.22. The van der Waals surface area contributed by atoms with Crippen LogP contribution in [0.3, 0.4) is 0 Å². The van der Waals surface area contributed by atoms with Gasteiger partial charge < -0.3 is 10.4 Å². The van der Waals surface area contributed by atoms with E-state index in [-0.39, 0.29) is 18.1 Å². The quantitative estimate of drug-likeness (QED) is 0.731. The van der Waals surface area contributed by atoms with Crippen LogP contribution in [0.5, 0.6) is 0 Å². The minimum absolute atomic E-state index is 0.0399. The molecular formula is C16H16N4O2S. The van der Waals surface area contributed by atoms with E-state index >= 15 is 0 Å². The Kier molecular flexibility index (Phi) is 3.59. The third-order valence-electron chi connectivity index (χ3n) is 4.16. The number of hydrogen-bond donors (Lipinski definition) is 3. The van der Waals surface area contributed by atoms with E-state index in [4.69, 9.17) is 0 Å². The Bertz CT molecular complexity index is 826. The zero-order chi connectivity index (χ0) is 15.8. The van der Waals surface area contributed by atoms with Crippen LogP contribution in [0.15, 0.2) is 34.4 Å². The van der Waals surface area contributed by atoms with Crippen LogP contribution < -0.4 is 10.6 Å². The molecule has 1 saturated carbocycles. The maximum Gasteiger partial charge on any atom is 0.276 e. The second kappa shape index (κ2) is 5.75. The van der Waals surface area contributed by atoms with Crippen LogP contribution >= 0.6 is 11.3 Å². The molecule has 1 fully saturated rings. The molecule has 1 amide bonds. The first-order chi connectivity index (χ1) is 11.2. The van der Waals surface area contributed by atoms with Gasteiger partial charge in [0, 0.05) is 0 Å². The van der Waals surface area contributed by atoms with Crippen molar-refractivity contribution in [3.63, 3.8) is 0 Å². The Balaban J connectivity index is 1.56. The Morgan fingerprint density at radius 3 is 3.13 bits per heavy atom. The molecular weight excluding hydrogens is 312 g/mol. The van der Waals surface area contributed by atoms with Crippen molar-refractivity contribution in [2.75, 3.05) is 0 Å². The molecule has 2 unspecified atom stereocenters. The molecule has 1 aromatic carbocycles. The first-order valence-corrected chi connectivity index (χ1v) is 8.46. The lowest BCUT2D eigenvalue weighted by atomic mass is 10.2. The number of carbonyl (C=O) groups excluding carboxylic acids is 1. The van der Waals surface area contributed by atoms with Gasteiger partial charge in [-0.15, -0.1) is 11.3 Å². The van der Waals surface area contributed by atoms with Gasteiger partial charge in [-0.05, 0) is 43.0 Å². The second-order valence-electron chi connectivity index (χ2n) is 5.77. The van der Waals surface area contributed by atoms with Gasteiger partial charge in [0.2, 0.25) is 5.96 Å². The SMILES string of the molecule is O=C1NC(NC2CCCC2O)=N/C1=C\c1ccc2ncsc2c1. The second-order valence-corrected chi connectivity index (χ2v) is 6.66. The predicted molar refractivity (Wildman–Crippen MR) is 90.0 cm³/mol. The fourth-order valence-electron chi connectivity index (χ4n) is 2.94. The van der Waals surface area contributed by atoms with Crippen molar-refractivity contribution >= 4 is 39.5 Å². The Morgan fingerprint density at radius 1 is 1.39 bits per heavy atom. The highest BCUT2D eigenvalue weighted by molar-refractivity contribution is 7.16. The number of aliphatic hydroxyl groups is 1. The monoisotopic (exact) mass is 328 g/mol. The van der Waals surface area contributed by atoms with Crippen molar-refractivity contribution < 1.29 is 9.90 Å². The Morgan fingerprint density at radius 2 is 2.30 bits per heavy atom. The van der Waals surface area contributed by atoms with Crippen molar-refractivity contribution in [3.05, 3.63) is 35.0 Å². The molecule has 2 aromatic rings. The molecule has 2 heterocycles. The van der Waals surface area contributed by atoms with E-state index in [0.717, 1.165) is 35.0 Å². The van der Waals surface area contributed by atoms with Gasteiger partial charge in [-0.25, -0.2) is 9.98 Å². The summed E-state index contributed by atoms with van der Waals surface area (Å²) in [5.74, 6) is 0.190. The summed E-state index contributed by atoms with van der Waals surface area (Å²) in [7, 11) is 0. The first kappa shape index (κ1) is 14.3. The van der Waals surface area contributed by atoms with Crippen molar-refractivity contribution in [2.24, 2.45) is 4.99 Å². The third kappa shape index (κ3) is 2.85. The van der Waals surface area contributed by atoms with E-state index in [9.17, 15) is 9.90 Å². The molecule has 0 saturated heterocycles. The summed E-state index contributed by atoms with van der Waals surface area (Å²) in [6.07, 6.45) is 4.04. The predicted octanol–water partition coefficient (Wildman–Crippen LogP) is 1.63. The van der Waals surface area contributed by atoms with E-state index < -0.39 is 0 Å². The molecule has 1 aromatic heterocycles. The summed E-state index contributed by atoms with van der Waals surface area (Å²) in [5, 5.41) is 15.7. The summed E-state index contributed by atoms with van der Waals surface area (Å²) >= 11 is 1.57. The minimum Gasteiger partial charge on any atom is -0.391 e. The lowest BCUT2D eigenvalue weighted by molar-refractivity contribution is -0.115. The lowest BCUT2D eigenvalue weighted by Crippen LogP contribution is -2.45. The number of nitrogens with one attached hydrogen (secondary N) is 2. The molecule has 3 N–H and O–H groups in total. The largest absolute Gasteiger partial charge is 0.391 e. The van der Waals surface area contributed by atoms with E-state index in [1.54, 1.807) is 22.9 Å². The number of amides is 1. The van der Waals surface area contributed by atoms with E-state index in [0.29, 0.717) is 11.7 Å². The zero-order valence-corrected chi connectivity index (χ0v) is 13.1. The molecule has 1 aliphatic carbocycles. The maximum absolute atomic E-state index is 12.1. The number of benzene rings is 1. The number of aromatic nitrogens is 1. The fraction of sp³-hybridized carbons (Fsp3) is 0.312. The van der Waals surface area contributed by atoms with E-state index in [2.05, 4.69) is 20.6 Å². The van der Waals surface area contributed by atoms with Crippen LogP contribution in [0.25, 0.3) is 16.3 Å². The molecule has 7 heteroatoms. The number of nitrogens with zero attached hydrogens (tertiary/aromatic N) is 2. The smallest absolute Gasteiger partial charge is 0.276 e. The maximum atomic E-state index is 12.1. The van der Waals surface area contributed by atoms with E-state index in [1.807, 2.05) is 18.2 Å². The number of carbonyl (C=O) groups is 1. The van der Waals surface area contributed by atoms with Gasteiger partial charge in [0.05, 0.1) is 27.9 Å². The normalized spacial score (nSPS) is 25.9. The third-order valence-corrected chi connectivity index (χ3v) is 4.95.